The van der Waals surface area contributed by atoms with Gasteiger partial charge in [0.25, 0.3) is 5.91 Å². The Balaban J connectivity index is 1.99. The van der Waals surface area contributed by atoms with Crippen LogP contribution in [0.3, 0.4) is 0 Å². The number of carbonyl (C=O) groups excluding carboxylic acids is 1. The summed E-state index contributed by atoms with van der Waals surface area (Å²) in [5.41, 5.74) is 1.51. The largest absolute Gasteiger partial charge is 0.489 e. The minimum atomic E-state index is -3.46. The van der Waals surface area contributed by atoms with Crippen molar-refractivity contribution in [1.29, 1.82) is 0 Å². The fraction of sp³-hybridized carbons (Fsp3) is 0.318. The van der Waals surface area contributed by atoms with Gasteiger partial charge in [-0.1, -0.05) is 0 Å². The predicted octanol–water partition coefficient (Wildman–Crippen LogP) is 3.93. The van der Waals surface area contributed by atoms with Gasteiger partial charge in [-0.25, -0.2) is 12.8 Å². The van der Waals surface area contributed by atoms with Crippen LogP contribution in [-0.2, 0) is 10.0 Å². The average Bonchev–Trinajstić information content (AvgIpc) is 3.26. The van der Waals surface area contributed by atoms with E-state index < -0.39 is 15.8 Å². The molecule has 1 aliphatic heterocycles. The van der Waals surface area contributed by atoms with Gasteiger partial charge in [-0.2, -0.15) is 0 Å². The van der Waals surface area contributed by atoms with E-state index in [1.54, 1.807) is 12.1 Å². The molecule has 1 aliphatic rings. The maximum atomic E-state index is 13.4. The smallest absolute Gasteiger partial charge is 0.255 e. The number of sulfonamides is 1. The molecular formula is C22H23FN2O5S. The second-order valence-electron chi connectivity index (χ2n) is 7.62. The summed E-state index contributed by atoms with van der Waals surface area (Å²) < 4.78 is 51.8. The minimum Gasteiger partial charge on any atom is -0.489 e. The van der Waals surface area contributed by atoms with E-state index in [0.717, 1.165) is 0 Å². The molecular weight excluding hydrogens is 423 g/mol. The molecule has 0 atom stereocenters. The topological polar surface area (TPSA) is 88.9 Å². The number of furan rings is 1. The molecule has 3 aromatic rings. The number of amides is 1. The van der Waals surface area contributed by atoms with E-state index in [2.05, 4.69) is 5.32 Å². The van der Waals surface area contributed by atoms with Crippen LogP contribution in [0.5, 0.6) is 5.75 Å². The molecule has 4 rings (SSSR count). The first-order valence-corrected chi connectivity index (χ1v) is 11.6. The summed E-state index contributed by atoms with van der Waals surface area (Å²) in [7, 11) is -1.95. The summed E-state index contributed by atoms with van der Waals surface area (Å²) in [5, 5.41) is 3.09. The number of carbonyl (C=O) groups is 1. The van der Waals surface area contributed by atoms with Gasteiger partial charge in [0, 0.05) is 30.6 Å². The molecule has 0 saturated carbocycles. The number of fused-ring (bicyclic) bond motifs is 1. The molecule has 1 fully saturated rings. The van der Waals surface area contributed by atoms with Gasteiger partial charge in [0.2, 0.25) is 10.0 Å². The summed E-state index contributed by atoms with van der Waals surface area (Å²) in [6.07, 6.45) is 0.303. The van der Waals surface area contributed by atoms with Crippen LogP contribution in [0.15, 0.2) is 40.8 Å². The molecule has 0 unspecified atom stereocenters. The number of anilines is 1. The molecule has 31 heavy (non-hydrogen) atoms. The summed E-state index contributed by atoms with van der Waals surface area (Å²) in [6.45, 7) is 4.02. The predicted molar refractivity (Wildman–Crippen MR) is 117 cm³/mol. The highest BCUT2D eigenvalue weighted by molar-refractivity contribution is 7.93. The van der Waals surface area contributed by atoms with Crippen molar-refractivity contribution < 1.29 is 26.8 Å². The van der Waals surface area contributed by atoms with Gasteiger partial charge in [-0.3, -0.25) is 9.10 Å². The number of benzene rings is 2. The van der Waals surface area contributed by atoms with E-state index in [0.29, 0.717) is 40.9 Å². The molecule has 2 aromatic carbocycles. The number of halogens is 1. The van der Waals surface area contributed by atoms with Crippen LogP contribution in [0.1, 0.15) is 30.6 Å². The van der Waals surface area contributed by atoms with Crippen molar-refractivity contribution in [3.8, 4) is 17.1 Å². The first-order chi connectivity index (χ1) is 14.7. The van der Waals surface area contributed by atoms with Crippen LogP contribution in [-0.4, -0.2) is 39.8 Å². The second kappa shape index (κ2) is 7.88. The first kappa shape index (κ1) is 21.2. The lowest BCUT2D eigenvalue weighted by atomic mass is 10.0. The zero-order valence-electron chi connectivity index (χ0n) is 17.4. The summed E-state index contributed by atoms with van der Waals surface area (Å²) in [5.74, 6) is -0.101. The number of nitrogens with one attached hydrogen (secondary N) is 1. The van der Waals surface area contributed by atoms with Crippen LogP contribution in [0.2, 0.25) is 0 Å². The van der Waals surface area contributed by atoms with Crippen LogP contribution in [0, 0.1) is 5.82 Å². The third-order valence-electron chi connectivity index (χ3n) is 5.06. The summed E-state index contributed by atoms with van der Waals surface area (Å²) >= 11 is 0. The van der Waals surface area contributed by atoms with E-state index in [-0.39, 0.29) is 29.1 Å². The molecule has 0 radical (unpaired) electrons. The highest BCUT2D eigenvalue weighted by atomic mass is 32.2. The van der Waals surface area contributed by atoms with Gasteiger partial charge >= 0.3 is 0 Å². The molecule has 1 saturated heterocycles. The van der Waals surface area contributed by atoms with Gasteiger partial charge in [-0.15, -0.1) is 0 Å². The number of hydrogen-bond donors (Lipinski definition) is 1. The third kappa shape index (κ3) is 3.85. The van der Waals surface area contributed by atoms with E-state index in [1.807, 2.05) is 13.8 Å². The van der Waals surface area contributed by atoms with Crippen LogP contribution < -0.4 is 14.4 Å². The lowest BCUT2D eigenvalue weighted by Gasteiger charge is -2.22. The Morgan fingerprint density at radius 1 is 1.23 bits per heavy atom. The lowest BCUT2D eigenvalue weighted by molar-refractivity contribution is 0.0964. The molecule has 1 amide bonds. The monoisotopic (exact) mass is 446 g/mol. The van der Waals surface area contributed by atoms with E-state index in [9.17, 15) is 17.6 Å². The van der Waals surface area contributed by atoms with Gasteiger partial charge in [0.05, 0.1) is 23.1 Å². The molecule has 164 valence electrons. The molecule has 0 spiro atoms. The van der Waals surface area contributed by atoms with Crippen molar-refractivity contribution in [2.75, 3.05) is 23.7 Å². The molecule has 0 aliphatic carbocycles. The Hall–Kier alpha value is -3.07. The van der Waals surface area contributed by atoms with E-state index in [1.165, 1.54) is 35.6 Å². The van der Waals surface area contributed by atoms with Crippen LogP contribution in [0.4, 0.5) is 10.1 Å². The SMILES string of the molecule is CNC(=O)c1c(-c2ccc(F)cc2)oc2cc(N3CCCS3(=O)=O)c(OC(C)C)cc12. The van der Waals surface area contributed by atoms with Gasteiger partial charge in [-0.05, 0) is 50.6 Å². The maximum absolute atomic E-state index is 13.4. The maximum Gasteiger partial charge on any atom is 0.255 e. The Morgan fingerprint density at radius 3 is 2.52 bits per heavy atom. The van der Waals surface area contributed by atoms with Gasteiger partial charge in [0.1, 0.15) is 22.9 Å². The van der Waals surface area contributed by atoms with Crippen molar-refractivity contribution in [2.45, 2.75) is 26.4 Å². The molecule has 9 heteroatoms. The van der Waals surface area contributed by atoms with Gasteiger partial charge in [0.15, 0.2) is 0 Å². The molecule has 1 aromatic heterocycles. The number of rotatable bonds is 5. The van der Waals surface area contributed by atoms with E-state index >= 15 is 0 Å². The fourth-order valence-electron chi connectivity index (χ4n) is 3.72. The van der Waals surface area contributed by atoms with Gasteiger partial charge < -0.3 is 14.5 Å². The Kier molecular flexibility index (Phi) is 5.38. The molecule has 2 heterocycles. The summed E-state index contributed by atoms with van der Waals surface area (Å²) in [6, 6.07) is 8.85. The highest BCUT2D eigenvalue weighted by Gasteiger charge is 2.32. The highest BCUT2D eigenvalue weighted by Crippen LogP contribution is 2.42. The molecule has 7 nitrogen and oxygen atoms in total. The number of hydrogen-bond acceptors (Lipinski definition) is 5. The number of nitrogens with zero attached hydrogens (tertiary/aromatic N) is 1. The quantitative estimate of drug-likeness (QED) is 0.642. The Bertz CT molecular complexity index is 1250. The molecule has 0 bridgehead atoms. The van der Waals surface area contributed by atoms with Crippen molar-refractivity contribution in [1.82, 2.24) is 5.32 Å². The number of ether oxygens (including phenoxy) is 1. The minimum absolute atomic E-state index is 0.0641. The van der Waals surface area contributed by atoms with Crippen molar-refractivity contribution in [3.05, 3.63) is 47.8 Å². The zero-order chi connectivity index (χ0) is 22.3. The normalized spacial score (nSPS) is 15.6. The average molecular weight is 447 g/mol. The van der Waals surface area contributed by atoms with E-state index in [4.69, 9.17) is 9.15 Å². The second-order valence-corrected chi connectivity index (χ2v) is 9.63. The lowest BCUT2D eigenvalue weighted by Crippen LogP contribution is -2.26. The third-order valence-corrected chi connectivity index (χ3v) is 6.92. The van der Waals surface area contributed by atoms with Crippen LogP contribution in [0.25, 0.3) is 22.3 Å². The zero-order valence-corrected chi connectivity index (χ0v) is 18.3. The van der Waals surface area contributed by atoms with Crippen molar-refractivity contribution in [2.24, 2.45) is 0 Å². The summed E-state index contributed by atoms with van der Waals surface area (Å²) in [4.78, 5) is 12.7. The van der Waals surface area contributed by atoms with Crippen molar-refractivity contribution >= 4 is 32.6 Å². The first-order valence-electron chi connectivity index (χ1n) is 9.97. The Labute approximate surface area is 179 Å². The molecule has 1 N–H and O–H groups in total. The van der Waals surface area contributed by atoms with Crippen LogP contribution >= 0.6 is 0 Å². The Morgan fingerprint density at radius 2 is 1.94 bits per heavy atom. The fourth-order valence-corrected chi connectivity index (χ4v) is 5.28. The standard InChI is InChI=1S/C22H23FN2O5S/c1-13(2)29-19-11-16-18(12-17(19)25-9-4-10-31(25,27)28)30-21(20(16)22(26)24-3)14-5-7-15(23)8-6-14/h5-8,11-13H,4,9-10H2,1-3H3,(H,24,26). The van der Waals surface area contributed by atoms with Crippen molar-refractivity contribution in [3.63, 3.8) is 0 Å².